The molecule has 5 heteroatoms. The highest BCUT2D eigenvalue weighted by Gasteiger charge is 2.12. The Bertz CT molecular complexity index is 452. The first kappa shape index (κ1) is 10.4. The first-order chi connectivity index (χ1) is 7.77. The number of carbonyl (C=O) groups is 1. The molecule has 82 valence electrons. The lowest BCUT2D eigenvalue weighted by Crippen LogP contribution is -2.25. The molecule has 2 rings (SSSR count). The Hall–Kier alpha value is -2.17. The van der Waals surface area contributed by atoms with Crippen molar-refractivity contribution in [2.75, 3.05) is 7.05 Å². The summed E-state index contributed by atoms with van der Waals surface area (Å²) in [6, 6.07) is 3.79. The summed E-state index contributed by atoms with van der Waals surface area (Å²) in [5.41, 5.74) is 1.56. The molecule has 0 saturated heterocycles. The van der Waals surface area contributed by atoms with Crippen molar-refractivity contribution in [2.45, 2.75) is 6.54 Å². The van der Waals surface area contributed by atoms with Gasteiger partial charge in [0.2, 0.25) is 0 Å². The highest BCUT2D eigenvalue weighted by molar-refractivity contribution is 5.93. The Morgan fingerprint density at radius 2 is 2.38 bits per heavy atom. The molecule has 0 unspecified atom stereocenters. The van der Waals surface area contributed by atoms with Crippen molar-refractivity contribution in [3.8, 4) is 0 Å². The van der Waals surface area contributed by atoms with Gasteiger partial charge >= 0.3 is 0 Å². The van der Waals surface area contributed by atoms with E-state index >= 15 is 0 Å². The van der Waals surface area contributed by atoms with Crippen LogP contribution < -0.4 is 0 Å². The highest BCUT2D eigenvalue weighted by Crippen LogP contribution is 2.05. The van der Waals surface area contributed by atoms with Gasteiger partial charge in [0, 0.05) is 32.2 Å². The second-order valence-electron chi connectivity index (χ2n) is 3.51. The van der Waals surface area contributed by atoms with Crippen LogP contribution in [0.5, 0.6) is 0 Å². The Morgan fingerprint density at radius 3 is 3.00 bits per heavy atom. The van der Waals surface area contributed by atoms with Crippen LogP contribution in [0.15, 0.2) is 36.9 Å². The van der Waals surface area contributed by atoms with E-state index < -0.39 is 0 Å². The Labute approximate surface area is 93.1 Å². The fourth-order valence-corrected chi connectivity index (χ4v) is 1.43. The molecule has 2 aromatic rings. The maximum absolute atomic E-state index is 11.9. The van der Waals surface area contributed by atoms with Crippen LogP contribution in [0, 0.1) is 0 Å². The average Bonchev–Trinajstić information content (AvgIpc) is 2.83. The number of hydrogen-bond acceptors (Lipinski definition) is 3. The summed E-state index contributed by atoms with van der Waals surface area (Å²) in [6.45, 7) is 0.540. The molecule has 0 aromatic carbocycles. The fraction of sp³-hybridized carbons (Fsp3) is 0.182. The predicted molar refractivity (Wildman–Crippen MR) is 58.6 cm³/mol. The summed E-state index contributed by atoms with van der Waals surface area (Å²) in [5.74, 6) is -0.0578. The Morgan fingerprint density at radius 1 is 1.50 bits per heavy atom. The number of aromatic amines is 1. The Kier molecular flexibility index (Phi) is 2.95. The molecule has 0 bridgehead atoms. The minimum atomic E-state index is -0.0578. The van der Waals surface area contributed by atoms with Crippen molar-refractivity contribution in [1.82, 2.24) is 20.1 Å². The van der Waals surface area contributed by atoms with Crippen molar-refractivity contribution in [1.29, 1.82) is 0 Å². The van der Waals surface area contributed by atoms with Gasteiger partial charge in [-0.2, -0.15) is 5.10 Å². The summed E-state index contributed by atoms with van der Waals surface area (Å²) in [5, 5.41) is 6.37. The van der Waals surface area contributed by atoms with Gasteiger partial charge in [-0.3, -0.25) is 14.9 Å². The molecule has 0 atom stereocenters. The minimum absolute atomic E-state index is 0.0578. The molecule has 0 aliphatic rings. The normalized spacial score (nSPS) is 10.1. The zero-order chi connectivity index (χ0) is 11.4. The average molecular weight is 216 g/mol. The van der Waals surface area contributed by atoms with E-state index in [-0.39, 0.29) is 5.91 Å². The monoisotopic (exact) mass is 216 g/mol. The van der Waals surface area contributed by atoms with Gasteiger partial charge in [0.25, 0.3) is 5.91 Å². The number of aromatic nitrogens is 3. The van der Waals surface area contributed by atoms with Gasteiger partial charge in [0.05, 0.1) is 11.8 Å². The summed E-state index contributed by atoms with van der Waals surface area (Å²) in [6.07, 6.45) is 6.56. The minimum Gasteiger partial charge on any atom is -0.337 e. The lowest BCUT2D eigenvalue weighted by Gasteiger charge is -2.15. The molecule has 16 heavy (non-hydrogen) atoms. The van der Waals surface area contributed by atoms with Crippen molar-refractivity contribution in [3.63, 3.8) is 0 Å². The van der Waals surface area contributed by atoms with Crippen LogP contribution in [0.3, 0.4) is 0 Å². The van der Waals surface area contributed by atoms with Crippen molar-refractivity contribution in [3.05, 3.63) is 48.0 Å². The molecule has 5 nitrogen and oxygen atoms in total. The summed E-state index contributed by atoms with van der Waals surface area (Å²) >= 11 is 0. The molecule has 0 spiro atoms. The van der Waals surface area contributed by atoms with Gasteiger partial charge in [-0.25, -0.2) is 0 Å². The summed E-state index contributed by atoms with van der Waals surface area (Å²) in [7, 11) is 1.75. The molecule has 0 fully saturated rings. The SMILES string of the molecule is CN(Cc1cccnc1)C(=O)c1cn[nH]c1. The summed E-state index contributed by atoms with van der Waals surface area (Å²) < 4.78 is 0. The second-order valence-corrected chi connectivity index (χ2v) is 3.51. The molecule has 1 N–H and O–H groups in total. The number of nitrogens with zero attached hydrogens (tertiary/aromatic N) is 3. The van der Waals surface area contributed by atoms with Gasteiger partial charge in [0.1, 0.15) is 0 Å². The van der Waals surface area contributed by atoms with Gasteiger partial charge in [0.15, 0.2) is 0 Å². The maximum Gasteiger partial charge on any atom is 0.257 e. The third-order valence-corrected chi connectivity index (χ3v) is 2.23. The number of pyridine rings is 1. The van der Waals surface area contributed by atoms with Gasteiger partial charge < -0.3 is 4.90 Å². The summed E-state index contributed by atoms with van der Waals surface area (Å²) in [4.78, 5) is 17.5. The smallest absolute Gasteiger partial charge is 0.257 e. The van der Waals surface area contributed by atoms with Crippen LogP contribution in [0.2, 0.25) is 0 Å². The van der Waals surface area contributed by atoms with Crippen molar-refractivity contribution in [2.24, 2.45) is 0 Å². The van der Waals surface area contributed by atoms with E-state index in [9.17, 15) is 4.79 Å². The lowest BCUT2D eigenvalue weighted by atomic mass is 10.2. The van der Waals surface area contributed by atoms with E-state index in [0.29, 0.717) is 12.1 Å². The van der Waals surface area contributed by atoms with Crippen LogP contribution in [-0.4, -0.2) is 33.0 Å². The van der Waals surface area contributed by atoms with E-state index in [2.05, 4.69) is 15.2 Å². The molecule has 2 heterocycles. The molecule has 2 aromatic heterocycles. The van der Waals surface area contributed by atoms with Gasteiger partial charge in [-0.1, -0.05) is 6.07 Å². The molecule has 0 aliphatic heterocycles. The first-order valence-corrected chi connectivity index (χ1v) is 4.90. The van der Waals surface area contributed by atoms with Gasteiger partial charge in [-0.05, 0) is 11.6 Å². The largest absolute Gasteiger partial charge is 0.337 e. The first-order valence-electron chi connectivity index (χ1n) is 4.90. The molecule has 0 saturated carbocycles. The van der Waals surface area contributed by atoms with Crippen LogP contribution in [0.1, 0.15) is 15.9 Å². The van der Waals surface area contributed by atoms with E-state index in [1.165, 1.54) is 6.20 Å². The fourth-order valence-electron chi connectivity index (χ4n) is 1.43. The topological polar surface area (TPSA) is 61.9 Å². The second kappa shape index (κ2) is 4.57. The predicted octanol–water partition coefficient (Wildman–Crippen LogP) is 1.08. The number of nitrogens with one attached hydrogen (secondary N) is 1. The third kappa shape index (κ3) is 2.25. The lowest BCUT2D eigenvalue weighted by molar-refractivity contribution is 0.0785. The maximum atomic E-state index is 11.9. The highest BCUT2D eigenvalue weighted by atomic mass is 16.2. The quantitative estimate of drug-likeness (QED) is 0.835. The third-order valence-electron chi connectivity index (χ3n) is 2.23. The zero-order valence-corrected chi connectivity index (χ0v) is 8.92. The van der Waals surface area contributed by atoms with Crippen LogP contribution in [-0.2, 0) is 6.54 Å². The number of hydrogen-bond donors (Lipinski definition) is 1. The number of carbonyl (C=O) groups excluding carboxylic acids is 1. The molecule has 0 aliphatic carbocycles. The standard InChI is InChI=1S/C11H12N4O/c1-15(8-9-3-2-4-12-5-9)11(16)10-6-13-14-7-10/h2-7H,8H2,1H3,(H,13,14). The molecular weight excluding hydrogens is 204 g/mol. The van der Waals surface area contributed by atoms with Crippen LogP contribution in [0.25, 0.3) is 0 Å². The van der Waals surface area contributed by atoms with E-state index in [4.69, 9.17) is 0 Å². The Balaban J connectivity index is 2.04. The van der Waals surface area contributed by atoms with Gasteiger partial charge in [-0.15, -0.1) is 0 Å². The zero-order valence-electron chi connectivity index (χ0n) is 8.92. The van der Waals surface area contributed by atoms with E-state index in [0.717, 1.165) is 5.56 Å². The van der Waals surface area contributed by atoms with Crippen molar-refractivity contribution >= 4 is 5.91 Å². The van der Waals surface area contributed by atoms with Crippen molar-refractivity contribution < 1.29 is 4.79 Å². The molecule has 1 amide bonds. The number of rotatable bonds is 3. The van der Waals surface area contributed by atoms with E-state index in [1.54, 1.807) is 30.5 Å². The van der Waals surface area contributed by atoms with E-state index in [1.807, 2.05) is 12.1 Å². The number of H-pyrrole nitrogens is 1. The van der Waals surface area contributed by atoms with Crippen LogP contribution in [0.4, 0.5) is 0 Å². The molecular formula is C11H12N4O. The molecule has 0 radical (unpaired) electrons. The number of amides is 1. The van der Waals surface area contributed by atoms with Crippen LogP contribution >= 0.6 is 0 Å².